The van der Waals surface area contributed by atoms with Crippen LogP contribution in [0.1, 0.15) is 69.9 Å². The molecule has 2 aliphatic rings. The lowest BCUT2D eigenvalue weighted by atomic mass is 9.63. The number of primary amides is 1. The Hall–Kier alpha value is -2.63. The maximum absolute atomic E-state index is 13.7. The SMILES string of the molecule is Cc1cc(-c2nc3ccccc3n2C(C(N)=O)(C2CCCCC2)C2CCCCC2)on1. The van der Waals surface area contributed by atoms with E-state index in [-0.39, 0.29) is 17.7 Å². The van der Waals surface area contributed by atoms with Gasteiger partial charge in [0.05, 0.1) is 16.7 Å². The smallest absolute Gasteiger partial charge is 0.244 e. The van der Waals surface area contributed by atoms with E-state index in [4.69, 9.17) is 15.2 Å². The van der Waals surface area contributed by atoms with Crippen LogP contribution in [0, 0.1) is 18.8 Å². The largest absolute Gasteiger partial charge is 0.368 e. The van der Waals surface area contributed by atoms with Gasteiger partial charge in [-0.3, -0.25) is 4.79 Å². The molecule has 0 unspecified atom stereocenters. The predicted molar refractivity (Wildman–Crippen MR) is 120 cm³/mol. The highest BCUT2D eigenvalue weighted by Crippen LogP contribution is 2.50. The van der Waals surface area contributed by atoms with Crippen LogP contribution in [-0.4, -0.2) is 20.6 Å². The molecular formula is C25H32N4O2. The summed E-state index contributed by atoms with van der Waals surface area (Å²) in [5.41, 5.74) is 8.26. The fraction of sp³-hybridized carbons (Fsp3) is 0.560. The average Bonchev–Trinajstić information content (AvgIpc) is 3.40. The van der Waals surface area contributed by atoms with Crippen molar-refractivity contribution >= 4 is 16.9 Å². The highest BCUT2D eigenvalue weighted by molar-refractivity contribution is 5.89. The molecule has 0 spiro atoms. The van der Waals surface area contributed by atoms with Gasteiger partial charge in [0, 0.05) is 6.07 Å². The van der Waals surface area contributed by atoms with E-state index in [1.807, 2.05) is 31.2 Å². The van der Waals surface area contributed by atoms with Crippen molar-refractivity contribution in [2.75, 3.05) is 0 Å². The fourth-order valence-electron chi connectivity index (χ4n) is 6.33. The van der Waals surface area contributed by atoms with Crippen molar-refractivity contribution in [1.82, 2.24) is 14.7 Å². The predicted octanol–water partition coefficient (Wildman–Crippen LogP) is 5.34. The molecule has 1 aromatic carbocycles. The number of nitrogens with zero attached hydrogens (tertiary/aromatic N) is 3. The molecule has 6 heteroatoms. The number of imidazole rings is 1. The van der Waals surface area contributed by atoms with E-state index in [2.05, 4.69) is 15.8 Å². The van der Waals surface area contributed by atoms with Crippen LogP contribution < -0.4 is 5.73 Å². The van der Waals surface area contributed by atoms with Crippen LogP contribution in [0.3, 0.4) is 0 Å². The molecule has 31 heavy (non-hydrogen) atoms. The minimum absolute atomic E-state index is 0.210. The van der Waals surface area contributed by atoms with Gasteiger partial charge in [-0.25, -0.2) is 4.98 Å². The number of aromatic nitrogens is 3. The third-order valence-corrected chi connectivity index (χ3v) is 7.63. The average molecular weight is 421 g/mol. The van der Waals surface area contributed by atoms with Crippen LogP contribution in [0.2, 0.25) is 0 Å². The third-order valence-electron chi connectivity index (χ3n) is 7.63. The van der Waals surface area contributed by atoms with Gasteiger partial charge in [-0.15, -0.1) is 0 Å². The van der Waals surface area contributed by atoms with Crippen molar-refractivity contribution in [2.45, 2.75) is 76.7 Å². The quantitative estimate of drug-likeness (QED) is 0.603. The standard InChI is InChI=1S/C25H32N4O2/c1-17-16-22(31-28-17)23-27-20-14-8-9-15-21(20)29(23)25(24(26)30,18-10-4-2-5-11-18)19-12-6-3-7-13-19/h8-9,14-16,18-19H,2-7,10-13H2,1H3,(H2,26,30). The van der Waals surface area contributed by atoms with Crippen LogP contribution in [0.4, 0.5) is 0 Å². The lowest BCUT2D eigenvalue weighted by Crippen LogP contribution is -2.58. The zero-order valence-corrected chi connectivity index (χ0v) is 18.3. The van der Waals surface area contributed by atoms with Crippen molar-refractivity contribution < 1.29 is 9.32 Å². The Balaban J connectivity index is 1.82. The topological polar surface area (TPSA) is 86.9 Å². The monoisotopic (exact) mass is 420 g/mol. The van der Waals surface area contributed by atoms with Gasteiger partial charge in [-0.05, 0) is 56.6 Å². The van der Waals surface area contributed by atoms with Crippen molar-refractivity contribution in [3.05, 3.63) is 36.0 Å². The normalized spacial score (nSPS) is 19.1. The molecule has 6 nitrogen and oxygen atoms in total. The second-order valence-corrected chi connectivity index (χ2v) is 9.45. The molecule has 0 bridgehead atoms. The van der Waals surface area contributed by atoms with Gasteiger partial charge in [0.15, 0.2) is 5.82 Å². The Morgan fingerprint density at radius 3 is 2.19 bits per heavy atom. The lowest BCUT2D eigenvalue weighted by Gasteiger charge is -2.48. The summed E-state index contributed by atoms with van der Waals surface area (Å²) in [7, 11) is 0. The molecule has 2 saturated carbocycles. The first-order valence-corrected chi connectivity index (χ1v) is 11.8. The summed E-state index contributed by atoms with van der Waals surface area (Å²) in [6, 6.07) is 9.99. The second-order valence-electron chi connectivity index (χ2n) is 9.45. The van der Waals surface area contributed by atoms with Gasteiger partial charge in [0.2, 0.25) is 11.7 Å². The lowest BCUT2D eigenvalue weighted by molar-refractivity contribution is -0.135. The number of carbonyl (C=O) groups excluding carboxylic acids is 1. The van der Waals surface area contributed by atoms with Crippen molar-refractivity contribution in [3.63, 3.8) is 0 Å². The molecule has 3 aromatic rings. The molecule has 2 aliphatic carbocycles. The van der Waals surface area contributed by atoms with Crippen molar-refractivity contribution in [2.24, 2.45) is 17.6 Å². The van der Waals surface area contributed by atoms with Crippen LogP contribution in [0.25, 0.3) is 22.6 Å². The molecule has 1 amide bonds. The van der Waals surface area contributed by atoms with Crippen LogP contribution in [0.15, 0.2) is 34.9 Å². The Morgan fingerprint density at radius 2 is 1.65 bits per heavy atom. The molecule has 2 N–H and O–H groups in total. The van der Waals surface area contributed by atoms with E-state index >= 15 is 0 Å². The van der Waals surface area contributed by atoms with Crippen LogP contribution in [-0.2, 0) is 10.3 Å². The molecule has 0 saturated heterocycles. The first-order valence-electron chi connectivity index (χ1n) is 11.8. The fourth-order valence-corrected chi connectivity index (χ4v) is 6.33. The third kappa shape index (κ3) is 3.27. The van der Waals surface area contributed by atoms with Crippen molar-refractivity contribution in [1.29, 1.82) is 0 Å². The number of benzene rings is 1. The Bertz CT molecular complexity index is 1050. The molecule has 164 valence electrons. The molecule has 0 radical (unpaired) electrons. The molecule has 0 aliphatic heterocycles. The number of rotatable bonds is 5. The summed E-state index contributed by atoms with van der Waals surface area (Å²) in [4.78, 5) is 18.6. The summed E-state index contributed by atoms with van der Waals surface area (Å²) < 4.78 is 7.86. The maximum Gasteiger partial charge on any atom is 0.244 e. The van der Waals surface area contributed by atoms with E-state index in [0.29, 0.717) is 11.6 Å². The first kappa shape index (κ1) is 20.3. The summed E-state index contributed by atoms with van der Waals surface area (Å²) in [5, 5.41) is 4.11. The molecule has 2 heterocycles. The molecule has 2 aromatic heterocycles. The minimum Gasteiger partial charge on any atom is -0.368 e. The first-order chi connectivity index (χ1) is 15.1. The minimum atomic E-state index is -0.799. The van der Waals surface area contributed by atoms with Gasteiger partial charge in [-0.1, -0.05) is 55.8 Å². The van der Waals surface area contributed by atoms with E-state index in [1.54, 1.807) is 0 Å². The highest BCUT2D eigenvalue weighted by Gasteiger charge is 2.53. The molecule has 2 fully saturated rings. The van der Waals surface area contributed by atoms with Gasteiger partial charge in [0.1, 0.15) is 5.54 Å². The number of hydrogen-bond donors (Lipinski definition) is 1. The zero-order valence-electron chi connectivity index (χ0n) is 18.3. The van der Waals surface area contributed by atoms with Gasteiger partial charge in [0.25, 0.3) is 0 Å². The number of nitrogens with two attached hydrogens (primary N) is 1. The van der Waals surface area contributed by atoms with Gasteiger partial charge in [-0.2, -0.15) is 0 Å². The Morgan fingerprint density at radius 1 is 1.03 bits per heavy atom. The van der Waals surface area contributed by atoms with Crippen LogP contribution in [0.5, 0.6) is 0 Å². The Labute approximate surface area is 183 Å². The number of hydrogen-bond acceptors (Lipinski definition) is 4. The number of para-hydroxylation sites is 2. The highest BCUT2D eigenvalue weighted by atomic mass is 16.5. The number of carbonyl (C=O) groups is 1. The summed E-state index contributed by atoms with van der Waals surface area (Å²) >= 11 is 0. The number of amides is 1. The summed E-state index contributed by atoms with van der Waals surface area (Å²) in [5.74, 6) is 1.49. The van der Waals surface area contributed by atoms with E-state index < -0.39 is 5.54 Å². The molecular weight excluding hydrogens is 388 g/mol. The second kappa shape index (κ2) is 8.13. The van der Waals surface area contributed by atoms with Gasteiger partial charge >= 0.3 is 0 Å². The van der Waals surface area contributed by atoms with E-state index in [9.17, 15) is 4.79 Å². The number of fused-ring (bicyclic) bond motifs is 1. The van der Waals surface area contributed by atoms with E-state index in [1.165, 1.54) is 12.8 Å². The zero-order chi connectivity index (χ0) is 21.4. The molecule has 5 rings (SSSR count). The van der Waals surface area contributed by atoms with E-state index in [0.717, 1.165) is 68.1 Å². The Kier molecular flexibility index (Phi) is 5.32. The molecule has 0 atom stereocenters. The van der Waals surface area contributed by atoms with Crippen molar-refractivity contribution in [3.8, 4) is 11.6 Å². The maximum atomic E-state index is 13.7. The number of aryl methyl sites for hydroxylation is 1. The van der Waals surface area contributed by atoms with Crippen LogP contribution >= 0.6 is 0 Å². The van der Waals surface area contributed by atoms with Gasteiger partial charge < -0.3 is 14.8 Å². The summed E-state index contributed by atoms with van der Waals surface area (Å²) in [6.45, 7) is 1.91. The summed E-state index contributed by atoms with van der Waals surface area (Å²) in [6.07, 6.45) is 11.2.